The third-order valence-corrected chi connectivity index (χ3v) is 4.42. The third kappa shape index (κ3) is 4.66. The van der Waals surface area contributed by atoms with E-state index in [1.54, 1.807) is 43.3 Å². The van der Waals surface area contributed by atoms with Crippen molar-refractivity contribution in [2.24, 2.45) is 0 Å². The number of carbonyl (C=O) groups is 1. The van der Waals surface area contributed by atoms with Crippen LogP contribution in [0.4, 0.5) is 11.4 Å². The molecule has 0 heterocycles. The maximum Gasteiger partial charge on any atom is 0.293 e. The molecule has 0 spiro atoms. The van der Waals surface area contributed by atoms with Gasteiger partial charge in [-0.3, -0.25) is 14.9 Å². The maximum atomic E-state index is 12.5. The van der Waals surface area contributed by atoms with Crippen LogP contribution < -0.4 is 10.1 Å². The number of benzene rings is 3. The molecule has 0 saturated heterocycles. The van der Waals surface area contributed by atoms with Gasteiger partial charge in [0, 0.05) is 22.2 Å². The van der Waals surface area contributed by atoms with Crippen molar-refractivity contribution in [1.29, 1.82) is 0 Å². The standard InChI is InChI=1S/C21H17ClN2O4/c1-14-9-10-19(20(11-14)24(26)27)23-21(25)15-6-4-7-17(12-15)28-13-16-5-2-3-8-18(16)22/h2-12H,13H2,1H3,(H,23,25). The van der Waals surface area contributed by atoms with Crippen molar-refractivity contribution >= 4 is 28.9 Å². The van der Waals surface area contributed by atoms with E-state index >= 15 is 0 Å². The molecule has 142 valence electrons. The molecule has 0 saturated carbocycles. The van der Waals surface area contributed by atoms with Gasteiger partial charge in [0.25, 0.3) is 11.6 Å². The van der Waals surface area contributed by atoms with Gasteiger partial charge < -0.3 is 10.1 Å². The molecule has 28 heavy (non-hydrogen) atoms. The number of nitrogens with zero attached hydrogens (tertiary/aromatic N) is 1. The molecule has 0 aromatic heterocycles. The van der Waals surface area contributed by atoms with Crippen molar-refractivity contribution in [3.8, 4) is 5.75 Å². The first-order chi connectivity index (χ1) is 13.4. The van der Waals surface area contributed by atoms with Crippen molar-refractivity contribution in [3.63, 3.8) is 0 Å². The molecule has 7 heteroatoms. The van der Waals surface area contributed by atoms with Gasteiger partial charge >= 0.3 is 0 Å². The second-order valence-electron chi connectivity index (χ2n) is 6.14. The number of amides is 1. The first-order valence-corrected chi connectivity index (χ1v) is 8.84. The largest absolute Gasteiger partial charge is 0.489 e. The molecular formula is C21H17ClN2O4. The zero-order valence-electron chi connectivity index (χ0n) is 15.0. The zero-order valence-corrected chi connectivity index (χ0v) is 15.8. The number of hydrogen-bond acceptors (Lipinski definition) is 4. The molecule has 0 aliphatic heterocycles. The van der Waals surface area contributed by atoms with E-state index in [0.717, 1.165) is 11.1 Å². The van der Waals surface area contributed by atoms with E-state index in [1.165, 1.54) is 12.1 Å². The second-order valence-corrected chi connectivity index (χ2v) is 6.55. The Morgan fingerprint density at radius 1 is 1.11 bits per heavy atom. The summed E-state index contributed by atoms with van der Waals surface area (Å²) in [6.07, 6.45) is 0. The van der Waals surface area contributed by atoms with Crippen LogP contribution in [0.15, 0.2) is 66.7 Å². The average molecular weight is 397 g/mol. The molecule has 6 nitrogen and oxygen atoms in total. The fourth-order valence-corrected chi connectivity index (χ4v) is 2.79. The SMILES string of the molecule is Cc1ccc(NC(=O)c2cccc(OCc3ccccc3Cl)c2)c([N+](=O)[O-])c1. The Hall–Kier alpha value is -3.38. The van der Waals surface area contributed by atoms with Crippen molar-refractivity contribution < 1.29 is 14.5 Å². The summed E-state index contributed by atoms with van der Waals surface area (Å²) in [4.78, 5) is 23.2. The van der Waals surface area contributed by atoms with Gasteiger partial charge in [0.05, 0.1) is 4.92 Å². The van der Waals surface area contributed by atoms with E-state index in [0.29, 0.717) is 16.3 Å². The Balaban J connectivity index is 1.74. The molecule has 1 amide bonds. The lowest BCUT2D eigenvalue weighted by Crippen LogP contribution is -2.13. The number of anilines is 1. The molecule has 0 bridgehead atoms. The van der Waals surface area contributed by atoms with E-state index in [4.69, 9.17) is 16.3 Å². The predicted molar refractivity (Wildman–Crippen MR) is 108 cm³/mol. The van der Waals surface area contributed by atoms with Crippen LogP contribution in [0.1, 0.15) is 21.5 Å². The second kappa shape index (κ2) is 8.54. The van der Waals surface area contributed by atoms with Gasteiger partial charge in [0.2, 0.25) is 0 Å². The number of aryl methyl sites for hydroxylation is 1. The van der Waals surface area contributed by atoms with Crippen LogP contribution in [0, 0.1) is 17.0 Å². The Kier molecular flexibility index (Phi) is 5.91. The van der Waals surface area contributed by atoms with Gasteiger partial charge in [-0.15, -0.1) is 0 Å². The Morgan fingerprint density at radius 3 is 2.64 bits per heavy atom. The van der Waals surface area contributed by atoms with Gasteiger partial charge in [0.15, 0.2) is 0 Å². The molecular weight excluding hydrogens is 380 g/mol. The lowest BCUT2D eigenvalue weighted by molar-refractivity contribution is -0.384. The van der Waals surface area contributed by atoms with Crippen LogP contribution in [0.25, 0.3) is 0 Å². The molecule has 0 radical (unpaired) electrons. The van der Waals surface area contributed by atoms with Crippen LogP contribution in [-0.2, 0) is 6.61 Å². The highest BCUT2D eigenvalue weighted by Crippen LogP contribution is 2.26. The molecule has 3 aromatic carbocycles. The lowest BCUT2D eigenvalue weighted by Gasteiger charge is -2.10. The maximum absolute atomic E-state index is 12.5. The molecule has 0 aliphatic rings. The van der Waals surface area contributed by atoms with Gasteiger partial charge in [-0.05, 0) is 42.8 Å². The number of carbonyl (C=O) groups excluding carboxylic acids is 1. The van der Waals surface area contributed by atoms with E-state index in [-0.39, 0.29) is 18.0 Å². The van der Waals surface area contributed by atoms with Crippen LogP contribution in [0.3, 0.4) is 0 Å². The zero-order chi connectivity index (χ0) is 20.1. The van der Waals surface area contributed by atoms with Crippen LogP contribution in [0.2, 0.25) is 5.02 Å². The molecule has 3 rings (SSSR count). The van der Waals surface area contributed by atoms with Crippen molar-refractivity contribution in [1.82, 2.24) is 0 Å². The highest BCUT2D eigenvalue weighted by molar-refractivity contribution is 6.31. The van der Waals surface area contributed by atoms with Crippen molar-refractivity contribution in [2.75, 3.05) is 5.32 Å². The van der Waals surface area contributed by atoms with E-state index in [1.807, 2.05) is 18.2 Å². The Bertz CT molecular complexity index is 1040. The predicted octanol–water partition coefficient (Wildman–Crippen LogP) is 5.39. The number of nitrogens with one attached hydrogen (secondary N) is 1. The quantitative estimate of drug-likeness (QED) is 0.447. The fourth-order valence-electron chi connectivity index (χ4n) is 2.60. The number of ether oxygens (including phenoxy) is 1. The molecule has 0 aliphatic carbocycles. The van der Waals surface area contributed by atoms with E-state index < -0.39 is 10.8 Å². The highest BCUT2D eigenvalue weighted by atomic mass is 35.5. The van der Waals surface area contributed by atoms with Gasteiger partial charge in [0.1, 0.15) is 18.0 Å². The molecule has 0 atom stereocenters. The number of halogens is 1. The van der Waals surface area contributed by atoms with Crippen LogP contribution in [0.5, 0.6) is 5.75 Å². The Morgan fingerprint density at radius 2 is 1.89 bits per heavy atom. The van der Waals surface area contributed by atoms with Crippen molar-refractivity contribution in [2.45, 2.75) is 13.5 Å². The summed E-state index contributed by atoms with van der Waals surface area (Å²) in [5.74, 6) is 0.0288. The van der Waals surface area contributed by atoms with Gasteiger partial charge in [-0.25, -0.2) is 0 Å². The smallest absolute Gasteiger partial charge is 0.293 e. The normalized spacial score (nSPS) is 10.4. The van der Waals surface area contributed by atoms with E-state index in [2.05, 4.69) is 5.32 Å². The summed E-state index contributed by atoms with van der Waals surface area (Å²) < 4.78 is 5.72. The van der Waals surface area contributed by atoms with Crippen LogP contribution >= 0.6 is 11.6 Å². The van der Waals surface area contributed by atoms with Crippen molar-refractivity contribution in [3.05, 3.63) is 98.6 Å². The molecule has 3 aromatic rings. The molecule has 1 N–H and O–H groups in total. The van der Waals surface area contributed by atoms with E-state index in [9.17, 15) is 14.9 Å². The first-order valence-electron chi connectivity index (χ1n) is 8.46. The number of nitro benzene ring substituents is 1. The summed E-state index contributed by atoms with van der Waals surface area (Å²) in [6, 6.07) is 18.6. The minimum Gasteiger partial charge on any atom is -0.489 e. The minimum atomic E-state index is -0.522. The van der Waals surface area contributed by atoms with Crippen LogP contribution in [-0.4, -0.2) is 10.8 Å². The summed E-state index contributed by atoms with van der Waals surface area (Å²) in [5.41, 5.74) is 1.88. The summed E-state index contributed by atoms with van der Waals surface area (Å²) >= 11 is 6.11. The van der Waals surface area contributed by atoms with Gasteiger partial charge in [-0.2, -0.15) is 0 Å². The summed E-state index contributed by atoms with van der Waals surface area (Å²) in [7, 11) is 0. The summed E-state index contributed by atoms with van der Waals surface area (Å²) in [6.45, 7) is 2.01. The number of hydrogen-bond donors (Lipinski definition) is 1. The topological polar surface area (TPSA) is 81.5 Å². The third-order valence-electron chi connectivity index (χ3n) is 4.05. The minimum absolute atomic E-state index is 0.142. The Labute approximate surface area is 166 Å². The highest BCUT2D eigenvalue weighted by Gasteiger charge is 2.17. The molecule has 0 unspecified atom stereocenters. The summed E-state index contributed by atoms with van der Waals surface area (Å²) in [5, 5.41) is 14.4. The number of rotatable bonds is 6. The number of nitro groups is 1. The molecule has 0 fully saturated rings. The monoisotopic (exact) mass is 396 g/mol. The lowest BCUT2D eigenvalue weighted by atomic mass is 10.1. The fraction of sp³-hybridized carbons (Fsp3) is 0.0952. The first kappa shape index (κ1) is 19.4. The average Bonchev–Trinajstić information content (AvgIpc) is 2.68. The van der Waals surface area contributed by atoms with Gasteiger partial charge in [-0.1, -0.05) is 41.9 Å².